The zero-order chi connectivity index (χ0) is 20.2. The van der Waals surface area contributed by atoms with Gasteiger partial charge in [0.15, 0.2) is 0 Å². The second kappa shape index (κ2) is 7.48. The number of carbonyl (C=O) groups is 1. The number of carbonyl (C=O) groups excluding carboxylic acids is 1. The van der Waals surface area contributed by atoms with Gasteiger partial charge in [-0.3, -0.25) is 4.79 Å². The molecule has 4 saturated carbocycles. The number of allylic oxidation sites excluding steroid dienone is 1. The first-order valence-electron chi connectivity index (χ1n) is 12.5. The van der Waals surface area contributed by atoms with Crippen LogP contribution in [0.4, 0.5) is 0 Å². The second-order valence-corrected chi connectivity index (χ2v) is 11.8. The first-order chi connectivity index (χ1) is 14.0. The van der Waals surface area contributed by atoms with E-state index in [0.29, 0.717) is 47.4 Å². The van der Waals surface area contributed by atoms with Gasteiger partial charge in [0, 0.05) is 25.0 Å². The molecular weight excluding hydrogens is 358 g/mol. The summed E-state index contributed by atoms with van der Waals surface area (Å²) in [7, 11) is 0. The highest BCUT2D eigenvalue weighted by molar-refractivity contribution is 5.87. The Bertz CT molecular complexity index is 668. The fourth-order valence-electron chi connectivity index (χ4n) is 8.84. The molecule has 3 nitrogen and oxygen atoms in total. The van der Waals surface area contributed by atoms with E-state index in [4.69, 9.17) is 0 Å². The van der Waals surface area contributed by atoms with Crippen molar-refractivity contribution in [1.82, 2.24) is 5.32 Å². The van der Waals surface area contributed by atoms with Gasteiger partial charge in [0.25, 0.3) is 0 Å². The molecule has 5 fully saturated rings. The van der Waals surface area contributed by atoms with Crippen molar-refractivity contribution < 1.29 is 9.90 Å². The molecule has 5 rings (SSSR count). The quantitative estimate of drug-likeness (QED) is 0.682. The summed E-state index contributed by atoms with van der Waals surface area (Å²) in [5.41, 5.74) is 0.308. The first-order valence-corrected chi connectivity index (χ1v) is 12.5. The van der Waals surface area contributed by atoms with Crippen LogP contribution in [0, 0.1) is 52.3 Å². The zero-order valence-electron chi connectivity index (χ0n) is 18.5. The number of hydrogen-bond donors (Lipinski definition) is 2. The molecule has 1 unspecified atom stereocenters. The van der Waals surface area contributed by atoms with E-state index in [0.717, 1.165) is 44.1 Å². The summed E-state index contributed by atoms with van der Waals surface area (Å²) in [4.78, 5) is 12.7. The van der Waals surface area contributed by atoms with Crippen LogP contribution in [-0.4, -0.2) is 30.6 Å². The van der Waals surface area contributed by atoms with Gasteiger partial charge in [0.1, 0.15) is 5.78 Å². The number of Topliss-reactive ketones (excluding diaryl/α,β-unsaturated/α-hetero) is 1. The molecule has 0 aromatic rings. The Balaban J connectivity index is 1.36. The molecule has 0 aromatic carbocycles. The molecule has 0 bridgehead atoms. The van der Waals surface area contributed by atoms with Crippen LogP contribution in [0.15, 0.2) is 12.2 Å². The Morgan fingerprint density at radius 1 is 1.00 bits per heavy atom. The lowest BCUT2D eigenvalue weighted by molar-refractivity contribution is -0.152. The molecule has 29 heavy (non-hydrogen) atoms. The lowest BCUT2D eigenvalue weighted by Crippen LogP contribution is -2.56. The predicted octanol–water partition coefficient (Wildman–Crippen LogP) is 4.60. The van der Waals surface area contributed by atoms with E-state index in [1.807, 2.05) is 0 Å². The van der Waals surface area contributed by atoms with Crippen LogP contribution in [0.3, 0.4) is 0 Å². The molecule has 0 spiro atoms. The molecule has 0 radical (unpaired) electrons. The summed E-state index contributed by atoms with van der Waals surface area (Å²) in [6.07, 6.45) is 15.6. The van der Waals surface area contributed by atoms with Crippen LogP contribution in [0.5, 0.6) is 0 Å². The summed E-state index contributed by atoms with van der Waals surface area (Å²) in [5.74, 6) is 5.05. The molecule has 5 aliphatic rings. The fraction of sp³-hybridized carbons (Fsp3) is 0.885. The Labute approximate surface area is 177 Å². The summed E-state index contributed by atoms with van der Waals surface area (Å²) in [6, 6.07) is 0. The van der Waals surface area contributed by atoms with Crippen molar-refractivity contribution in [3.63, 3.8) is 0 Å². The first kappa shape index (κ1) is 20.2. The van der Waals surface area contributed by atoms with Crippen molar-refractivity contribution in [2.45, 2.75) is 71.6 Å². The summed E-state index contributed by atoms with van der Waals surface area (Å²) in [6.45, 7) is 7.48. The number of aliphatic hydroxyl groups excluding tert-OH is 1. The highest BCUT2D eigenvalue weighted by Gasteiger charge is 2.61. The van der Waals surface area contributed by atoms with E-state index in [-0.39, 0.29) is 5.41 Å². The third-order valence-corrected chi connectivity index (χ3v) is 10.6. The molecule has 0 aromatic heterocycles. The SMILES string of the molecule is C[C@]12CC[C@@H](C=C[C@@H]3CCNC3)CC1[C@@H](CO)C[C@@H]1[C@@H]2CC[C@]2(C)C(=O)CC[C@@H]12. The molecule has 162 valence electrons. The lowest BCUT2D eigenvalue weighted by Gasteiger charge is -2.62. The topological polar surface area (TPSA) is 49.3 Å². The Hall–Kier alpha value is -0.670. The predicted molar refractivity (Wildman–Crippen MR) is 116 cm³/mol. The van der Waals surface area contributed by atoms with E-state index < -0.39 is 0 Å². The van der Waals surface area contributed by atoms with Gasteiger partial charge >= 0.3 is 0 Å². The maximum absolute atomic E-state index is 12.7. The number of rotatable bonds is 3. The Kier molecular flexibility index (Phi) is 5.22. The van der Waals surface area contributed by atoms with Gasteiger partial charge in [-0.05, 0) is 105 Å². The van der Waals surface area contributed by atoms with Gasteiger partial charge in [0.2, 0.25) is 0 Å². The highest BCUT2D eigenvalue weighted by atomic mass is 16.3. The number of ketones is 1. The van der Waals surface area contributed by atoms with E-state index in [9.17, 15) is 9.90 Å². The molecule has 9 atom stereocenters. The average molecular weight is 400 g/mol. The number of nitrogens with one attached hydrogen (secondary N) is 1. The van der Waals surface area contributed by atoms with Gasteiger partial charge in [-0.25, -0.2) is 0 Å². The summed E-state index contributed by atoms with van der Waals surface area (Å²) in [5, 5.41) is 13.9. The van der Waals surface area contributed by atoms with Crippen LogP contribution < -0.4 is 5.32 Å². The van der Waals surface area contributed by atoms with E-state index in [1.165, 1.54) is 38.6 Å². The van der Waals surface area contributed by atoms with Crippen molar-refractivity contribution in [3.05, 3.63) is 12.2 Å². The average Bonchev–Trinajstić information content (AvgIpc) is 3.34. The Morgan fingerprint density at radius 3 is 2.59 bits per heavy atom. The van der Waals surface area contributed by atoms with Crippen LogP contribution in [0.2, 0.25) is 0 Å². The van der Waals surface area contributed by atoms with Crippen molar-refractivity contribution >= 4 is 5.78 Å². The number of hydrogen-bond acceptors (Lipinski definition) is 3. The fourth-order valence-corrected chi connectivity index (χ4v) is 8.84. The molecular formula is C26H41NO2. The summed E-state index contributed by atoms with van der Waals surface area (Å²) < 4.78 is 0. The van der Waals surface area contributed by atoms with Crippen LogP contribution in [-0.2, 0) is 4.79 Å². The zero-order valence-corrected chi connectivity index (χ0v) is 18.5. The van der Waals surface area contributed by atoms with Crippen molar-refractivity contribution in [1.29, 1.82) is 0 Å². The molecule has 1 aliphatic heterocycles. The normalized spacial score (nSPS) is 52.4. The maximum Gasteiger partial charge on any atom is 0.139 e. The summed E-state index contributed by atoms with van der Waals surface area (Å²) >= 11 is 0. The molecule has 4 aliphatic carbocycles. The second-order valence-electron chi connectivity index (χ2n) is 11.8. The molecule has 0 amide bonds. The number of aliphatic hydroxyl groups is 1. The van der Waals surface area contributed by atoms with Gasteiger partial charge in [0.05, 0.1) is 0 Å². The van der Waals surface area contributed by atoms with Gasteiger partial charge in [-0.2, -0.15) is 0 Å². The molecule has 1 saturated heterocycles. The smallest absolute Gasteiger partial charge is 0.139 e. The van der Waals surface area contributed by atoms with Gasteiger partial charge in [-0.1, -0.05) is 26.0 Å². The van der Waals surface area contributed by atoms with Crippen molar-refractivity contribution in [3.8, 4) is 0 Å². The lowest BCUT2D eigenvalue weighted by atomic mass is 9.42. The molecule has 3 heteroatoms. The largest absolute Gasteiger partial charge is 0.396 e. The van der Waals surface area contributed by atoms with E-state index >= 15 is 0 Å². The highest BCUT2D eigenvalue weighted by Crippen LogP contribution is 2.67. The van der Waals surface area contributed by atoms with Gasteiger partial charge in [-0.15, -0.1) is 0 Å². The minimum Gasteiger partial charge on any atom is -0.396 e. The monoisotopic (exact) mass is 399 g/mol. The standard InChI is InChI=1S/C26H41NO2/c1-25-10-7-17(3-4-18-9-12-27-15-18)13-23(25)19(16-28)14-20-21-5-6-24(29)26(21,2)11-8-22(20)25/h3-4,17-23,27-28H,5-16H2,1-2H3/t17-,18-,19-,20+,21+,22+,23?,25-,26+/m1/s1. The Morgan fingerprint density at radius 2 is 1.83 bits per heavy atom. The minimum absolute atomic E-state index is 0.0559. The third-order valence-electron chi connectivity index (χ3n) is 10.6. The van der Waals surface area contributed by atoms with Crippen LogP contribution >= 0.6 is 0 Å². The maximum atomic E-state index is 12.7. The molecule has 2 N–H and O–H groups in total. The molecule has 1 heterocycles. The van der Waals surface area contributed by atoms with Crippen molar-refractivity contribution in [2.75, 3.05) is 19.7 Å². The van der Waals surface area contributed by atoms with E-state index in [2.05, 4.69) is 31.3 Å². The van der Waals surface area contributed by atoms with Crippen molar-refractivity contribution in [2.24, 2.45) is 52.3 Å². The van der Waals surface area contributed by atoms with Crippen LogP contribution in [0.25, 0.3) is 0 Å². The van der Waals surface area contributed by atoms with Gasteiger partial charge < -0.3 is 10.4 Å². The minimum atomic E-state index is -0.0559. The van der Waals surface area contributed by atoms with E-state index in [1.54, 1.807) is 0 Å². The third kappa shape index (κ3) is 3.17. The van der Waals surface area contributed by atoms with Crippen LogP contribution in [0.1, 0.15) is 71.6 Å². The number of fused-ring (bicyclic) bond motifs is 5.